The topological polar surface area (TPSA) is 95.9 Å². The molecule has 2 atom stereocenters. The largest absolute Gasteiger partial charge is 0.466 e. The summed E-state index contributed by atoms with van der Waals surface area (Å²) in [6.45, 7) is 4.82. The van der Waals surface area contributed by atoms with E-state index >= 15 is 0 Å². The van der Waals surface area contributed by atoms with E-state index < -0.39 is 12.1 Å². The van der Waals surface area contributed by atoms with Crippen molar-refractivity contribution in [1.29, 1.82) is 0 Å². The second kappa shape index (κ2) is 46.8. The standard InChI is InChI=1S/C51H95NO5/c1-3-5-7-9-11-13-15-16-17-18-19-20-21-25-29-33-37-41-45-51(56)57-46-42-38-34-30-26-22-24-28-32-36-40-44-50(55)52-48(47-53)49(54)43-39-35-31-27-23-14-12-10-8-6-4-2/h13,15,17-18,39,43,48-49,53-54H,3-12,14,16,19-38,40-42,44-47H2,1-2H3,(H,52,55)/b15-13-,18-17-,43-39+. The summed E-state index contributed by atoms with van der Waals surface area (Å²) in [5, 5.41) is 22.9. The number of hydrogen-bond donors (Lipinski definition) is 3. The Hall–Kier alpha value is -1.92. The highest BCUT2D eigenvalue weighted by Gasteiger charge is 2.18. The zero-order valence-electron chi connectivity index (χ0n) is 37.8. The van der Waals surface area contributed by atoms with Gasteiger partial charge in [-0.25, -0.2) is 0 Å². The average Bonchev–Trinajstić information content (AvgIpc) is 3.21. The summed E-state index contributed by atoms with van der Waals surface area (Å²) in [5.41, 5.74) is 0. The van der Waals surface area contributed by atoms with E-state index in [1.165, 1.54) is 161 Å². The van der Waals surface area contributed by atoms with Crippen molar-refractivity contribution in [3.63, 3.8) is 0 Å². The first-order chi connectivity index (χ1) is 28.0. The zero-order chi connectivity index (χ0) is 41.5. The average molecular weight is 802 g/mol. The number of carbonyl (C=O) groups excluding carboxylic acids is 2. The number of allylic oxidation sites excluding steroid dienone is 5. The predicted molar refractivity (Wildman–Crippen MR) is 246 cm³/mol. The molecule has 3 N–H and O–H groups in total. The molecule has 1 amide bonds. The van der Waals surface area contributed by atoms with Crippen LogP contribution in [0.2, 0.25) is 0 Å². The number of hydrogen-bond acceptors (Lipinski definition) is 5. The van der Waals surface area contributed by atoms with E-state index in [0.29, 0.717) is 19.4 Å². The second-order valence-corrected chi connectivity index (χ2v) is 16.8. The van der Waals surface area contributed by atoms with Gasteiger partial charge in [0.25, 0.3) is 0 Å². The van der Waals surface area contributed by atoms with Gasteiger partial charge in [0.15, 0.2) is 0 Å². The fourth-order valence-corrected chi connectivity index (χ4v) is 7.31. The molecule has 0 radical (unpaired) electrons. The normalized spacial score (nSPS) is 13.0. The summed E-state index contributed by atoms with van der Waals surface area (Å²) in [6.07, 6.45) is 55.6. The molecule has 0 fully saturated rings. The maximum Gasteiger partial charge on any atom is 0.305 e. The van der Waals surface area contributed by atoms with E-state index in [0.717, 1.165) is 64.2 Å². The molecular weight excluding hydrogens is 707 g/mol. The number of nitrogens with one attached hydrogen (secondary N) is 1. The molecular formula is C51H95NO5. The highest BCUT2D eigenvalue weighted by molar-refractivity contribution is 5.76. The molecule has 334 valence electrons. The van der Waals surface area contributed by atoms with Crippen LogP contribution in [-0.4, -0.2) is 47.4 Å². The monoisotopic (exact) mass is 802 g/mol. The Morgan fingerprint density at radius 3 is 1.35 bits per heavy atom. The maximum absolute atomic E-state index is 12.4. The van der Waals surface area contributed by atoms with Gasteiger partial charge in [-0.2, -0.15) is 0 Å². The molecule has 0 bridgehead atoms. The van der Waals surface area contributed by atoms with Crippen molar-refractivity contribution in [2.75, 3.05) is 13.2 Å². The summed E-state index contributed by atoms with van der Waals surface area (Å²) in [7, 11) is 0. The first-order valence-corrected chi connectivity index (χ1v) is 24.8. The Balaban J connectivity index is 3.49. The third kappa shape index (κ3) is 43.5. The molecule has 0 aliphatic heterocycles. The van der Waals surface area contributed by atoms with Gasteiger partial charge < -0.3 is 20.3 Å². The molecule has 6 heteroatoms. The molecule has 0 aromatic rings. The fourth-order valence-electron chi connectivity index (χ4n) is 7.31. The van der Waals surface area contributed by atoms with Crippen LogP contribution < -0.4 is 5.32 Å². The number of aliphatic hydroxyl groups excluding tert-OH is 2. The van der Waals surface area contributed by atoms with Gasteiger partial charge in [0.1, 0.15) is 0 Å². The Bertz CT molecular complexity index is 931. The van der Waals surface area contributed by atoms with Crippen LogP contribution in [0.3, 0.4) is 0 Å². The number of ether oxygens (including phenoxy) is 1. The van der Waals surface area contributed by atoms with Crippen molar-refractivity contribution >= 4 is 11.9 Å². The van der Waals surface area contributed by atoms with Gasteiger partial charge in [-0.05, 0) is 64.2 Å². The van der Waals surface area contributed by atoms with Gasteiger partial charge in [0, 0.05) is 12.8 Å². The summed E-state index contributed by atoms with van der Waals surface area (Å²) >= 11 is 0. The van der Waals surface area contributed by atoms with E-state index in [9.17, 15) is 19.8 Å². The van der Waals surface area contributed by atoms with Gasteiger partial charge in [0.05, 0.1) is 25.4 Å². The van der Waals surface area contributed by atoms with Crippen LogP contribution in [0.1, 0.15) is 251 Å². The third-order valence-corrected chi connectivity index (χ3v) is 11.2. The molecule has 0 aliphatic rings. The fraction of sp³-hybridized carbons (Fsp3) is 0.843. The molecule has 57 heavy (non-hydrogen) atoms. The van der Waals surface area contributed by atoms with Gasteiger partial charge >= 0.3 is 5.97 Å². The Morgan fingerprint density at radius 1 is 0.491 bits per heavy atom. The zero-order valence-corrected chi connectivity index (χ0v) is 37.8. The number of esters is 1. The van der Waals surface area contributed by atoms with Crippen molar-refractivity contribution in [2.24, 2.45) is 0 Å². The van der Waals surface area contributed by atoms with E-state index in [4.69, 9.17) is 4.74 Å². The van der Waals surface area contributed by atoms with Crippen LogP contribution in [0, 0.1) is 0 Å². The van der Waals surface area contributed by atoms with Crippen molar-refractivity contribution in [2.45, 2.75) is 264 Å². The predicted octanol–water partition coefficient (Wildman–Crippen LogP) is 14.5. The highest BCUT2D eigenvalue weighted by atomic mass is 16.5. The first kappa shape index (κ1) is 55.1. The van der Waals surface area contributed by atoms with Gasteiger partial charge in [0.2, 0.25) is 5.91 Å². The van der Waals surface area contributed by atoms with E-state index in [-0.39, 0.29) is 18.5 Å². The third-order valence-electron chi connectivity index (χ3n) is 11.2. The molecule has 0 saturated heterocycles. The molecule has 0 rings (SSSR count). The van der Waals surface area contributed by atoms with Crippen LogP contribution in [0.15, 0.2) is 36.5 Å². The van der Waals surface area contributed by atoms with Crippen molar-refractivity contribution in [3.05, 3.63) is 36.5 Å². The molecule has 2 unspecified atom stereocenters. The molecule has 0 aromatic heterocycles. The lowest BCUT2D eigenvalue weighted by Gasteiger charge is -2.20. The van der Waals surface area contributed by atoms with Gasteiger partial charge in [-0.15, -0.1) is 0 Å². The van der Waals surface area contributed by atoms with E-state index in [1.807, 2.05) is 6.08 Å². The van der Waals surface area contributed by atoms with E-state index in [2.05, 4.69) is 43.5 Å². The van der Waals surface area contributed by atoms with Crippen molar-refractivity contribution in [3.8, 4) is 0 Å². The number of unbranched alkanes of at least 4 members (excludes halogenated alkanes) is 30. The van der Waals surface area contributed by atoms with Crippen molar-refractivity contribution in [1.82, 2.24) is 5.32 Å². The lowest BCUT2D eigenvalue weighted by atomic mass is 10.0. The van der Waals surface area contributed by atoms with Crippen LogP contribution in [0.4, 0.5) is 0 Å². The summed E-state index contributed by atoms with van der Waals surface area (Å²) < 4.78 is 5.46. The Kier molecular flexibility index (Phi) is 45.2. The van der Waals surface area contributed by atoms with Gasteiger partial charge in [-0.3, -0.25) is 9.59 Å². The number of amides is 1. The molecule has 0 aromatic carbocycles. The second-order valence-electron chi connectivity index (χ2n) is 16.8. The minimum Gasteiger partial charge on any atom is -0.466 e. The lowest BCUT2D eigenvalue weighted by Crippen LogP contribution is -2.45. The molecule has 0 spiro atoms. The minimum atomic E-state index is -0.856. The summed E-state index contributed by atoms with van der Waals surface area (Å²) in [5.74, 6) is -0.113. The number of rotatable bonds is 45. The number of aliphatic hydroxyl groups is 2. The van der Waals surface area contributed by atoms with Gasteiger partial charge in [-0.1, -0.05) is 211 Å². The number of carbonyl (C=O) groups is 2. The SMILES string of the molecule is CCCCCC/C=C\C/C=C\CCCCCCCCCC(=O)OCCCCCCCCCCCCCC(=O)NC(CO)C(O)/C=C/CCCCCCCCCCC. The summed E-state index contributed by atoms with van der Waals surface area (Å²) in [6, 6.07) is -0.641. The first-order valence-electron chi connectivity index (χ1n) is 24.8. The Labute approximate surface area is 353 Å². The smallest absolute Gasteiger partial charge is 0.305 e. The van der Waals surface area contributed by atoms with Crippen molar-refractivity contribution < 1.29 is 24.5 Å². The van der Waals surface area contributed by atoms with Crippen LogP contribution in [0.5, 0.6) is 0 Å². The maximum atomic E-state index is 12.4. The van der Waals surface area contributed by atoms with Crippen LogP contribution in [0.25, 0.3) is 0 Å². The molecule has 6 nitrogen and oxygen atoms in total. The lowest BCUT2D eigenvalue weighted by molar-refractivity contribution is -0.143. The highest BCUT2D eigenvalue weighted by Crippen LogP contribution is 2.15. The quantitative estimate of drug-likeness (QED) is 0.0324. The molecule has 0 heterocycles. The summed E-state index contributed by atoms with van der Waals surface area (Å²) in [4.78, 5) is 24.4. The van der Waals surface area contributed by atoms with E-state index in [1.54, 1.807) is 6.08 Å². The van der Waals surface area contributed by atoms with Crippen LogP contribution >= 0.6 is 0 Å². The Morgan fingerprint density at radius 2 is 0.877 bits per heavy atom. The molecule has 0 saturated carbocycles. The molecule has 0 aliphatic carbocycles. The minimum absolute atomic E-state index is 0.0237. The van der Waals surface area contributed by atoms with Crippen LogP contribution in [-0.2, 0) is 14.3 Å².